The lowest BCUT2D eigenvalue weighted by Gasteiger charge is -2.13. The highest BCUT2D eigenvalue weighted by Crippen LogP contribution is 2.28. The van der Waals surface area contributed by atoms with E-state index in [9.17, 15) is 0 Å². The lowest BCUT2D eigenvalue weighted by atomic mass is 9.27. The van der Waals surface area contributed by atoms with Crippen molar-refractivity contribution < 1.29 is 0 Å². The number of allylic oxidation sites excluding steroid dienone is 3. The maximum atomic E-state index is 2.41. The summed E-state index contributed by atoms with van der Waals surface area (Å²) < 4.78 is 0. The molecule has 0 radical (unpaired) electrons. The maximum Gasteiger partial charge on any atom is 0.0827 e. The Labute approximate surface area is 94.3 Å². The van der Waals surface area contributed by atoms with Crippen LogP contribution in [0.5, 0.6) is 0 Å². The molecule has 0 fully saturated rings. The maximum absolute atomic E-state index is 2.41. The first-order chi connectivity index (χ1) is 7.42. The molecule has 0 spiro atoms. The molecule has 0 heterocycles. The Hall–Kier alpha value is -1.11. The molecule has 0 saturated heterocycles. The van der Waals surface area contributed by atoms with Gasteiger partial charge in [0.2, 0.25) is 0 Å². The topological polar surface area (TPSA) is 0 Å². The smallest absolute Gasteiger partial charge is 0.0827 e. The third kappa shape index (κ3) is 2.47. The van der Waals surface area contributed by atoms with Crippen LogP contribution in [0.15, 0.2) is 36.4 Å². The van der Waals surface area contributed by atoms with Crippen molar-refractivity contribution in [2.24, 2.45) is 0 Å². The van der Waals surface area contributed by atoms with Crippen LogP contribution >= 0.6 is 0 Å². The molecule has 3 heteroatoms. The summed E-state index contributed by atoms with van der Waals surface area (Å²) in [6.45, 7) is 0. The highest BCUT2D eigenvalue weighted by Gasteiger charge is 2.07. The molecule has 1 aromatic rings. The van der Waals surface area contributed by atoms with Crippen molar-refractivity contribution in [3.63, 3.8) is 0 Å². The summed E-state index contributed by atoms with van der Waals surface area (Å²) in [5, 5.41) is 0. The Morgan fingerprint density at radius 1 is 1.33 bits per heavy atom. The molecule has 15 heavy (non-hydrogen) atoms. The molecule has 1 aromatic carbocycles. The van der Waals surface area contributed by atoms with Gasteiger partial charge in [-0.15, -0.1) is 0 Å². The molecule has 0 aromatic heterocycles. The molecule has 0 bridgehead atoms. The summed E-state index contributed by atoms with van der Waals surface area (Å²) in [7, 11) is 4.82. The summed E-state index contributed by atoms with van der Waals surface area (Å²) >= 11 is 0. The number of hydrogen-bond donors (Lipinski definition) is 0. The van der Waals surface area contributed by atoms with Gasteiger partial charge in [0.05, 0.1) is 22.0 Å². The van der Waals surface area contributed by atoms with Crippen molar-refractivity contribution in [1.82, 2.24) is 0 Å². The minimum atomic E-state index is 1.10. The lowest BCUT2D eigenvalue weighted by molar-refractivity contribution is 1.34. The van der Waals surface area contributed by atoms with Crippen molar-refractivity contribution in [1.29, 1.82) is 0 Å². The van der Waals surface area contributed by atoms with E-state index in [1.807, 2.05) is 0 Å². The summed E-state index contributed by atoms with van der Waals surface area (Å²) in [6, 6.07) is 8.67. The Kier molecular flexibility index (Phi) is 3.55. The first-order valence-corrected chi connectivity index (χ1v) is 5.87. The number of hydrogen-bond acceptors (Lipinski definition) is 0. The normalized spacial score (nSPS) is 16.1. The van der Waals surface area contributed by atoms with E-state index in [0.717, 1.165) is 6.42 Å². The monoisotopic (exact) mass is 192 g/mol. The Morgan fingerprint density at radius 2 is 2.20 bits per heavy atom. The molecule has 2 rings (SSSR count). The second-order valence-corrected chi connectivity index (χ2v) is 4.07. The van der Waals surface area contributed by atoms with Crippen LogP contribution in [0.25, 0.3) is 11.6 Å². The predicted octanol–water partition coefficient (Wildman–Crippen LogP) is 1.24. The van der Waals surface area contributed by atoms with E-state index < -0.39 is 0 Å². The standard InChI is InChI=1S/C12H15B3/c13-15-14-9-8-11-6-3-5-10-4-1-2-7-12(10)11/h1-5,7-8,14-15H,6,9,13H2. The van der Waals surface area contributed by atoms with Gasteiger partial charge in [0.1, 0.15) is 0 Å². The van der Waals surface area contributed by atoms with Crippen molar-refractivity contribution in [3.8, 4) is 0 Å². The van der Waals surface area contributed by atoms with Crippen LogP contribution in [0.3, 0.4) is 0 Å². The van der Waals surface area contributed by atoms with Gasteiger partial charge >= 0.3 is 0 Å². The third-order valence-electron chi connectivity index (χ3n) is 2.89. The van der Waals surface area contributed by atoms with E-state index in [0.29, 0.717) is 0 Å². The van der Waals surface area contributed by atoms with Crippen LogP contribution in [0.2, 0.25) is 6.32 Å². The minimum Gasteiger partial charge on any atom is -0.0886 e. The zero-order valence-electron chi connectivity index (χ0n) is 9.37. The fourth-order valence-corrected chi connectivity index (χ4v) is 2.03. The van der Waals surface area contributed by atoms with Crippen LogP contribution in [0.1, 0.15) is 17.5 Å². The van der Waals surface area contributed by atoms with Crippen molar-refractivity contribution in [2.45, 2.75) is 12.7 Å². The van der Waals surface area contributed by atoms with E-state index in [1.54, 1.807) is 0 Å². The average Bonchev–Trinajstić information content (AvgIpc) is 2.30. The first-order valence-electron chi connectivity index (χ1n) is 5.87. The van der Waals surface area contributed by atoms with Gasteiger partial charge in [-0.25, -0.2) is 0 Å². The molecule has 0 unspecified atom stereocenters. The molecule has 1 aliphatic rings. The summed E-state index contributed by atoms with van der Waals surface area (Å²) in [6.07, 6.45) is 9.22. The summed E-state index contributed by atoms with van der Waals surface area (Å²) in [4.78, 5) is 0. The highest BCUT2D eigenvalue weighted by atomic mass is 14.1. The molecule has 0 atom stereocenters. The van der Waals surface area contributed by atoms with Crippen LogP contribution < -0.4 is 0 Å². The van der Waals surface area contributed by atoms with Crippen LogP contribution in [0.4, 0.5) is 0 Å². The van der Waals surface area contributed by atoms with Crippen molar-refractivity contribution in [3.05, 3.63) is 47.5 Å². The SMILES string of the molecule is BBBCC=C1CC=Cc2ccccc21. The Bertz CT molecular complexity index is 394. The van der Waals surface area contributed by atoms with Gasteiger partial charge < -0.3 is 0 Å². The molecule has 0 nitrogen and oxygen atoms in total. The van der Waals surface area contributed by atoms with Gasteiger partial charge in [0, 0.05) is 0 Å². The number of benzene rings is 1. The van der Waals surface area contributed by atoms with Gasteiger partial charge in [0.15, 0.2) is 0 Å². The van der Waals surface area contributed by atoms with Crippen LogP contribution in [-0.2, 0) is 0 Å². The fourth-order valence-electron chi connectivity index (χ4n) is 2.03. The number of fused-ring (bicyclic) bond motifs is 1. The zero-order valence-corrected chi connectivity index (χ0v) is 9.37. The van der Waals surface area contributed by atoms with Gasteiger partial charge in [0.25, 0.3) is 0 Å². The summed E-state index contributed by atoms with van der Waals surface area (Å²) in [5.41, 5.74) is 4.30. The average molecular weight is 192 g/mol. The van der Waals surface area contributed by atoms with E-state index >= 15 is 0 Å². The van der Waals surface area contributed by atoms with Crippen molar-refractivity contribution >= 4 is 33.6 Å². The van der Waals surface area contributed by atoms with Gasteiger partial charge in [-0.3, -0.25) is 0 Å². The molecule has 0 saturated carbocycles. The largest absolute Gasteiger partial charge is 0.0886 e. The minimum absolute atomic E-state index is 1.10. The van der Waals surface area contributed by atoms with Crippen molar-refractivity contribution in [2.75, 3.05) is 0 Å². The summed E-state index contributed by atoms with van der Waals surface area (Å²) in [5.74, 6) is 0. The lowest BCUT2D eigenvalue weighted by Crippen LogP contribution is -2.01. The van der Waals surface area contributed by atoms with Gasteiger partial charge in [-0.1, -0.05) is 48.8 Å². The second kappa shape index (κ2) is 5.11. The van der Waals surface area contributed by atoms with Gasteiger partial charge in [-0.05, 0) is 23.1 Å². The highest BCUT2D eigenvalue weighted by molar-refractivity contribution is 7.23. The van der Waals surface area contributed by atoms with E-state index in [2.05, 4.69) is 50.2 Å². The zero-order chi connectivity index (χ0) is 10.5. The first kappa shape index (κ1) is 10.4. The van der Waals surface area contributed by atoms with Crippen LogP contribution in [-0.4, -0.2) is 22.0 Å². The predicted molar refractivity (Wildman–Crippen MR) is 75.7 cm³/mol. The Balaban J connectivity index is 2.22. The Morgan fingerprint density at radius 3 is 3.07 bits per heavy atom. The molecule has 1 aliphatic carbocycles. The third-order valence-corrected chi connectivity index (χ3v) is 2.89. The van der Waals surface area contributed by atoms with E-state index in [-0.39, 0.29) is 0 Å². The molecular weight excluding hydrogens is 177 g/mol. The quantitative estimate of drug-likeness (QED) is 0.498. The molecule has 0 amide bonds. The van der Waals surface area contributed by atoms with E-state index in [1.165, 1.54) is 37.3 Å². The molecule has 0 N–H and O–H groups in total. The molecule has 0 aliphatic heterocycles. The van der Waals surface area contributed by atoms with E-state index in [4.69, 9.17) is 0 Å². The second-order valence-electron chi connectivity index (χ2n) is 4.07. The number of rotatable bonds is 3. The molecular formula is C12H15B3. The van der Waals surface area contributed by atoms with Gasteiger partial charge in [-0.2, -0.15) is 0 Å². The molecule has 72 valence electrons. The van der Waals surface area contributed by atoms with Crippen LogP contribution in [0, 0.1) is 0 Å². The fraction of sp³-hybridized carbons (Fsp3) is 0.167.